The number of carbonyl (C=O) groups excluding carboxylic acids is 2. The van der Waals surface area contributed by atoms with Crippen LogP contribution in [0.25, 0.3) is 0 Å². The first-order chi connectivity index (χ1) is 17.0. The van der Waals surface area contributed by atoms with Gasteiger partial charge in [-0.1, -0.05) is 37.3 Å². The number of imide groups is 1. The van der Waals surface area contributed by atoms with Crippen molar-refractivity contribution in [2.45, 2.75) is 31.2 Å². The molecule has 1 aliphatic heterocycles. The molecule has 0 aliphatic carbocycles. The van der Waals surface area contributed by atoms with E-state index in [1.807, 2.05) is 30.3 Å². The van der Waals surface area contributed by atoms with Gasteiger partial charge in [-0.15, -0.1) is 0 Å². The Bertz CT molecular complexity index is 1160. The maximum absolute atomic E-state index is 14.6. The van der Waals surface area contributed by atoms with Gasteiger partial charge in [0, 0.05) is 12.0 Å². The van der Waals surface area contributed by atoms with Crippen molar-refractivity contribution in [3.63, 3.8) is 0 Å². The number of alkyl halides is 1. The van der Waals surface area contributed by atoms with E-state index >= 15 is 0 Å². The van der Waals surface area contributed by atoms with Gasteiger partial charge in [-0.25, -0.2) is 4.39 Å². The minimum atomic E-state index is -1.16. The minimum absolute atomic E-state index is 0.299. The highest BCUT2D eigenvalue weighted by Crippen LogP contribution is 2.36. The molecule has 3 aromatic rings. The van der Waals surface area contributed by atoms with Gasteiger partial charge in [-0.2, -0.15) is 0 Å². The molecular weight excluding hydrogens is 469 g/mol. The topological polar surface area (TPSA) is 73.9 Å². The van der Waals surface area contributed by atoms with E-state index in [9.17, 15) is 14.0 Å². The van der Waals surface area contributed by atoms with E-state index in [-0.39, 0.29) is 11.1 Å². The van der Waals surface area contributed by atoms with Crippen molar-refractivity contribution in [2.24, 2.45) is 0 Å². The number of carbonyl (C=O) groups is 2. The Morgan fingerprint density at radius 2 is 1.60 bits per heavy atom. The summed E-state index contributed by atoms with van der Waals surface area (Å²) < 4.78 is 32.0. The second-order valence-corrected chi connectivity index (χ2v) is 8.96. The molecule has 0 bridgehead atoms. The lowest BCUT2D eigenvalue weighted by atomic mass is 10.1. The van der Waals surface area contributed by atoms with Crippen molar-refractivity contribution in [1.82, 2.24) is 5.32 Å². The Kier molecular flexibility index (Phi) is 8.26. The van der Waals surface area contributed by atoms with Crippen molar-refractivity contribution >= 4 is 22.9 Å². The number of thioether (sulfide) groups is 1. The Labute approximate surface area is 207 Å². The van der Waals surface area contributed by atoms with Crippen LogP contribution in [-0.4, -0.2) is 24.4 Å². The third kappa shape index (κ3) is 6.54. The molecule has 2 amide bonds. The molecule has 2 unspecified atom stereocenters. The molecule has 1 saturated heterocycles. The number of para-hydroxylation sites is 1. The van der Waals surface area contributed by atoms with Gasteiger partial charge in [-0.3, -0.25) is 14.9 Å². The van der Waals surface area contributed by atoms with Crippen molar-refractivity contribution in [3.8, 4) is 23.0 Å². The number of benzene rings is 3. The van der Waals surface area contributed by atoms with Crippen molar-refractivity contribution in [3.05, 3.63) is 83.9 Å². The molecule has 182 valence electrons. The Balaban J connectivity index is 1.26. The summed E-state index contributed by atoms with van der Waals surface area (Å²) in [7, 11) is 0. The van der Waals surface area contributed by atoms with Crippen LogP contribution in [0.1, 0.15) is 42.3 Å². The molecule has 0 spiro atoms. The predicted octanol–water partition coefficient (Wildman–Crippen LogP) is 6.77. The zero-order valence-corrected chi connectivity index (χ0v) is 20.1. The minimum Gasteiger partial charge on any atom is -0.493 e. The Morgan fingerprint density at radius 1 is 0.914 bits per heavy atom. The van der Waals surface area contributed by atoms with Gasteiger partial charge in [0.1, 0.15) is 34.4 Å². The smallest absolute Gasteiger partial charge is 0.286 e. The first-order valence-electron chi connectivity index (χ1n) is 11.4. The van der Waals surface area contributed by atoms with E-state index in [1.165, 1.54) is 0 Å². The van der Waals surface area contributed by atoms with Crippen LogP contribution in [0.3, 0.4) is 0 Å². The van der Waals surface area contributed by atoms with E-state index in [4.69, 9.17) is 14.2 Å². The van der Waals surface area contributed by atoms with Crippen molar-refractivity contribution < 1.29 is 28.2 Å². The van der Waals surface area contributed by atoms with Crippen LogP contribution in [0, 0.1) is 0 Å². The second-order valence-electron chi connectivity index (χ2n) is 7.88. The predicted molar refractivity (Wildman–Crippen MR) is 133 cm³/mol. The van der Waals surface area contributed by atoms with Gasteiger partial charge in [0.2, 0.25) is 5.91 Å². The molecule has 0 aromatic heterocycles. The van der Waals surface area contributed by atoms with E-state index < -0.39 is 11.4 Å². The molecule has 0 radical (unpaired) electrons. The number of nitrogens with one attached hydrogen (secondary N) is 1. The number of ether oxygens (including phenoxy) is 3. The summed E-state index contributed by atoms with van der Waals surface area (Å²) in [4.78, 5) is 23.1. The quantitative estimate of drug-likeness (QED) is 0.296. The molecule has 1 heterocycles. The average Bonchev–Trinajstić information content (AvgIpc) is 3.22. The van der Waals surface area contributed by atoms with Crippen molar-refractivity contribution in [2.75, 3.05) is 13.2 Å². The largest absolute Gasteiger partial charge is 0.493 e. The average molecular weight is 496 g/mol. The van der Waals surface area contributed by atoms with E-state index in [2.05, 4.69) is 5.32 Å². The lowest BCUT2D eigenvalue weighted by molar-refractivity contribution is -0.119. The molecule has 2 atom stereocenters. The highest BCUT2D eigenvalue weighted by molar-refractivity contribution is 8.15. The molecule has 0 saturated carbocycles. The number of hydrogen-bond acceptors (Lipinski definition) is 6. The van der Waals surface area contributed by atoms with Gasteiger partial charge in [0.05, 0.1) is 13.2 Å². The summed E-state index contributed by atoms with van der Waals surface area (Å²) in [6.07, 6.45) is -0.196. The third-order valence-corrected chi connectivity index (χ3v) is 6.38. The molecule has 4 rings (SSSR count). The zero-order chi connectivity index (χ0) is 24.6. The van der Waals surface area contributed by atoms with Crippen LogP contribution in [0.15, 0.2) is 72.8 Å². The highest BCUT2D eigenvalue weighted by atomic mass is 32.2. The standard InChI is InChI=1S/C27H26FNO5S/c1-2-23(28)22-17-21(13-14-24(22)34-20-7-4-3-5-8-20)33-16-6-15-32-19-11-9-18(10-12-19)25-26(30)29-27(31)35-25/h3-5,7-14,17,23,25H,2,6,15-16H2,1H3,(H,29,30,31). The number of amides is 2. The van der Waals surface area contributed by atoms with E-state index in [0.717, 1.165) is 17.3 Å². The van der Waals surface area contributed by atoms with Crippen LogP contribution < -0.4 is 19.5 Å². The number of halogens is 1. The molecule has 6 nitrogen and oxygen atoms in total. The Hall–Kier alpha value is -3.52. The van der Waals surface area contributed by atoms with Gasteiger partial charge in [0.15, 0.2) is 0 Å². The van der Waals surface area contributed by atoms with Crippen molar-refractivity contribution in [1.29, 1.82) is 0 Å². The van der Waals surface area contributed by atoms with Crippen LogP contribution in [0.5, 0.6) is 23.0 Å². The van der Waals surface area contributed by atoms with Gasteiger partial charge in [-0.05, 0) is 66.2 Å². The summed E-state index contributed by atoms with van der Waals surface area (Å²) in [5.74, 6) is 2.06. The van der Waals surface area contributed by atoms with E-state index in [0.29, 0.717) is 54.6 Å². The summed E-state index contributed by atoms with van der Waals surface area (Å²) in [6, 6.07) is 21.6. The highest BCUT2D eigenvalue weighted by Gasteiger charge is 2.32. The first-order valence-corrected chi connectivity index (χ1v) is 12.3. The molecule has 35 heavy (non-hydrogen) atoms. The van der Waals surface area contributed by atoms with Crippen LogP contribution in [0.2, 0.25) is 0 Å². The van der Waals surface area contributed by atoms with Gasteiger partial charge in [0.25, 0.3) is 5.24 Å². The molecule has 1 fully saturated rings. The van der Waals surface area contributed by atoms with Crippen LogP contribution >= 0.6 is 11.8 Å². The molecule has 3 aromatic carbocycles. The number of hydrogen-bond donors (Lipinski definition) is 1. The normalized spacial score (nSPS) is 16.0. The number of rotatable bonds is 11. The summed E-state index contributed by atoms with van der Waals surface area (Å²) in [6.45, 7) is 2.62. The van der Waals surface area contributed by atoms with Gasteiger partial charge >= 0.3 is 0 Å². The van der Waals surface area contributed by atoms with Gasteiger partial charge < -0.3 is 14.2 Å². The maximum Gasteiger partial charge on any atom is 0.286 e. The second kappa shape index (κ2) is 11.8. The molecule has 8 heteroatoms. The molecule has 1 aliphatic rings. The maximum atomic E-state index is 14.6. The van der Waals surface area contributed by atoms with Crippen LogP contribution in [0.4, 0.5) is 9.18 Å². The first kappa shape index (κ1) is 24.6. The zero-order valence-electron chi connectivity index (χ0n) is 19.2. The van der Waals surface area contributed by atoms with Crippen LogP contribution in [-0.2, 0) is 4.79 Å². The fraction of sp³-hybridized carbons (Fsp3) is 0.259. The third-order valence-electron chi connectivity index (χ3n) is 5.35. The molecular formula is C27H26FNO5S. The molecule has 1 N–H and O–H groups in total. The fourth-order valence-electron chi connectivity index (χ4n) is 3.54. The lowest BCUT2D eigenvalue weighted by Crippen LogP contribution is -2.20. The summed E-state index contributed by atoms with van der Waals surface area (Å²) in [5.41, 5.74) is 1.21. The SMILES string of the molecule is CCC(F)c1cc(OCCCOc2ccc(C3SC(=O)NC3=O)cc2)ccc1Oc1ccccc1. The fourth-order valence-corrected chi connectivity index (χ4v) is 4.38. The Morgan fingerprint density at radius 3 is 2.26 bits per heavy atom. The monoisotopic (exact) mass is 495 g/mol. The summed E-state index contributed by atoms with van der Waals surface area (Å²) >= 11 is 0.972. The summed E-state index contributed by atoms with van der Waals surface area (Å²) in [5, 5.41) is 1.43. The lowest BCUT2D eigenvalue weighted by Gasteiger charge is -2.16. The van der Waals surface area contributed by atoms with E-state index in [1.54, 1.807) is 49.4 Å².